The van der Waals surface area contributed by atoms with Gasteiger partial charge in [-0.3, -0.25) is 4.79 Å². The Morgan fingerprint density at radius 3 is 2.29 bits per heavy atom. The number of benzene rings is 1. The zero-order valence-corrected chi connectivity index (χ0v) is 12.8. The number of carbonyl (C=O) groups is 1. The predicted molar refractivity (Wildman–Crippen MR) is 83.3 cm³/mol. The smallest absolute Gasteiger partial charge is 0.289 e. The van der Waals surface area contributed by atoms with Crippen LogP contribution in [0.3, 0.4) is 0 Å². The average molecular weight is 325 g/mol. The highest BCUT2D eigenvalue weighted by molar-refractivity contribution is 6.35. The minimum atomic E-state index is -0.0659. The van der Waals surface area contributed by atoms with Crippen LogP contribution in [0.4, 0.5) is 5.69 Å². The van der Waals surface area contributed by atoms with Crippen LogP contribution in [0.5, 0.6) is 0 Å². The van der Waals surface area contributed by atoms with Gasteiger partial charge in [-0.05, 0) is 30.3 Å². The van der Waals surface area contributed by atoms with Gasteiger partial charge >= 0.3 is 0 Å². The maximum Gasteiger partial charge on any atom is 0.289 e. The zero-order valence-electron chi connectivity index (χ0n) is 11.3. The Morgan fingerprint density at radius 2 is 1.71 bits per heavy atom. The summed E-state index contributed by atoms with van der Waals surface area (Å²) in [6.07, 6.45) is 1.51. The van der Waals surface area contributed by atoms with Gasteiger partial charge in [0.2, 0.25) is 0 Å². The molecule has 1 aromatic carbocycles. The first-order chi connectivity index (χ1) is 10.1. The molecule has 1 saturated heterocycles. The number of furan rings is 1. The second-order valence-corrected chi connectivity index (χ2v) is 5.76. The quantitative estimate of drug-likeness (QED) is 0.847. The SMILES string of the molecule is O=C(c1ccco1)N1CCN(c2cc(Cl)cc(Cl)c2)CC1. The highest BCUT2D eigenvalue weighted by Gasteiger charge is 2.24. The van der Waals surface area contributed by atoms with Crippen LogP contribution in [0.1, 0.15) is 10.6 Å². The normalized spacial score (nSPS) is 15.3. The molecule has 0 unspecified atom stereocenters. The van der Waals surface area contributed by atoms with E-state index in [1.54, 1.807) is 23.1 Å². The minimum Gasteiger partial charge on any atom is -0.459 e. The summed E-state index contributed by atoms with van der Waals surface area (Å²) in [6, 6.07) is 8.89. The molecule has 2 heterocycles. The van der Waals surface area contributed by atoms with E-state index in [0.717, 1.165) is 18.8 Å². The monoisotopic (exact) mass is 324 g/mol. The molecule has 6 heteroatoms. The minimum absolute atomic E-state index is 0.0659. The van der Waals surface area contributed by atoms with Gasteiger partial charge in [-0.1, -0.05) is 23.2 Å². The van der Waals surface area contributed by atoms with E-state index < -0.39 is 0 Å². The molecule has 0 bridgehead atoms. The maximum absolute atomic E-state index is 12.2. The third kappa shape index (κ3) is 3.17. The fourth-order valence-corrected chi connectivity index (χ4v) is 2.96. The Kier molecular flexibility index (Phi) is 4.08. The van der Waals surface area contributed by atoms with Crippen molar-refractivity contribution >= 4 is 34.8 Å². The van der Waals surface area contributed by atoms with Gasteiger partial charge in [0.25, 0.3) is 5.91 Å². The van der Waals surface area contributed by atoms with Gasteiger partial charge in [0, 0.05) is 41.9 Å². The number of amides is 1. The van der Waals surface area contributed by atoms with Crippen molar-refractivity contribution < 1.29 is 9.21 Å². The van der Waals surface area contributed by atoms with Crippen LogP contribution in [0, 0.1) is 0 Å². The van der Waals surface area contributed by atoms with E-state index in [-0.39, 0.29) is 5.91 Å². The molecule has 1 amide bonds. The highest BCUT2D eigenvalue weighted by Crippen LogP contribution is 2.26. The Morgan fingerprint density at radius 1 is 1.05 bits per heavy atom. The second-order valence-electron chi connectivity index (χ2n) is 4.88. The van der Waals surface area contributed by atoms with Crippen molar-refractivity contribution in [2.24, 2.45) is 0 Å². The Hall–Kier alpha value is -1.65. The number of nitrogens with zero attached hydrogens (tertiary/aromatic N) is 2. The standard InChI is InChI=1S/C15H14Cl2N2O2/c16-11-8-12(17)10-13(9-11)18-3-5-19(6-4-18)15(20)14-2-1-7-21-14/h1-2,7-10H,3-6H2. The number of rotatable bonds is 2. The fraction of sp³-hybridized carbons (Fsp3) is 0.267. The molecule has 1 aliphatic rings. The van der Waals surface area contributed by atoms with Gasteiger partial charge in [-0.2, -0.15) is 0 Å². The summed E-state index contributed by atoms with van der Waals surface area (Å²) in [6.45, 7) is 2.76. The van der Waals surface area contributed by atoms with Crippen molar-refractivity contribution in [1.29, 1.82) is 0 Å². The van der Waals surface area contributed by atoms with E-state index in [2.05, 4.69) is 4.90 Å². The van der Waals surface area contributed by atoms with Gasteiger partial charge in [0.1, 0.15) is 0 Å². The summed E-state index contributed by atoms with van der Waals surface area (Å²) in [5.74, 6) is 0.318. The van der Waals surface area contributed by atoms with Crippen molar-refractivity contribution in [3.05, 3.63) is 52.4 Å². The third-order valence-electron chi connectivity index (χ3n) is 3.51. The lowest BCUT2D eigenvalue weighted by Gasteiger charge is -2.35. The average Bonchev–Trinajstić information content (AvgIpc) is 3.00. The second kappa shape index (κ2) is 6.00. The molecule has 0 atom stereocenters. The Balaban J connectivity index is 1.66. The Labute approximate surface area is 132 Å². The molecule has 4 nitrogen and oxygen atoms in total. The molecule has 21 heavy (non-hydrogen) atoms. The van der Waals surface area contributed by atoms with E-state index in [4.69, 9.17) is 27.6 Å². The molecule has 1 aliphatic heterocycles. The molecule has 0 aliphatic carbocycles. The molecule has 1 fully saturated rings. The van der Waals surface area contributed by atoms with Crippen LogP contribution in [-0.2, 0) is 0 Å². The predicted octanol–water partition coefficient (Wildman–Crippen LogP) is 3.55. The van der Waals surface area contributed by atoms with E-state index in [0.29, 0.717) is 28.9 Å². The van der Waals surface area contributed by atoms with Crippen LogP contribution >= 0.6 is 23.2 Å². The molecule has 1 aromatic heterocycles. The molecular formula is C15H14Cl2N2O2. The van der Waals surface area contributed by atoms with Crippen LogP contribution < -0.4 is 4.90 Å². The molecule has 0 spiro atoms. The topological polar surface area (TPSA) is 36.7 Å². The number of anilines is 1. The Bertz CT molecular complexity index is 615. The molecule has 110 valence electrons. The first-order valence-corrected chi connectivity index (χ1v) is 7.43. The lowest BCUT2D eigenvalue weighted by atomic mass is 10.2. The third-order valence-corrected chi connectivity index (χ3v) is 3.95. The van der Waals surface area contributed by atoms with Crippen LogP contribution in [0.2, 0.25) is 10.0 Å². The summed E-state index contributed by atoms with van der Waals surface area (Å²) in [5, 5.41) is 1.23. The van der Waals surface area contributed by atoms with E-state index in [1.165, 1.54) is 6.26 Å². The van der Waals surface area contributed by atoms with Crippen molar-refractivity contribution in [1.82, 2.24) is 4.90 Å². The number of hydrogen-bond acceptors (Lipinski definition) is 3. The largest absolute Gasteiger partial charge is 0.459 e. The van der Waals surface area contributed by atoms with Gasteiger partial charge in [-0.15, -0.1) is 0 Å². The van der Waals surface area contributed by atoms with Crippen molar-refractivity contribution in [3.63, 3.8) is 0 Å². The first-order valence-electron chi connectivity index (χ1n) is 6.67. The molecule has 0 saturated carbocycles. The van der Waals surface area contributed by atoms with Gasteiger partial charge in [0.15, 0.2) is 5.76 Å². The molecule has 0 N–H and O–H groups in total. The number of carbonyl (C=O) groups excluding carboxylic acids is 1. The van der Waals surface area contributed by atoms with Crippen LogP contribution in [0.15, 0.2) is 41.0 Å². The van der Waals surface area contributed by atoms with E-state index in [9.17, 15) is 4.79 Å². The lowest BCUT2D eigenvalue weighted by Crippen LogP contribution is -2.48. The van der Waals surface area contributed by atoms with Gasteiger partial charge in [-0.25, -0.2) is 0 Å². The summed E-state index contributed by atoms with van der Waals surface area (Å²) >= 11 is 12.1. The fourth-order valence-electron chi connectivity index (χ4n) is 2.45. The van der Waals surface area contributed by atoms with Gasteiger partial charge < -0.3 is 14.2 Å². The number of hydrogen-bond donors (Lipinski definition) is 0. The molecule has 0 radical (unpaired) electrons. The summed E-state index contributed by atoms with van der Waals surface area (Å²) < 4.78 is 5.15. The van der Waals surface area contributed by atoms with Crippen molar-refractivity contribution in [3.8, 4) is 0 Å². The van der Waals surface area contributed by atoms with Crippen molar-refractivity contribution in [2.75, 3.05) is 31.1 Å². The van der Waals surface area contributed by atoms with E-state index >= 15 is 0 Å². The number of piperazine rings is 1. The summed E-state index contributed by atoms with van der Waals surface area (Å²) in [5.41, 5.74) is 0.984. The zero-order chi connectivity index (χ0) is 14.8. The molecule has 3 rings (SSSR count). The van der Waals surface area contributed by atoms with Crippen LogP contribution in [-0.4, -0.2) is 37.0 Å². The first kappa shape index (κ1) is 14.3. The van der Waals surface area contributed by atoms with Crippen LogP contribution in [0.25, 0.3) is 0 Å². The highest BCUT2D eigenvalue weighted by atomic mass is 35.5. The lowest BCUT2D eigenvalue weighted by molar-refractivity contribution is 0.0714. The van der Waals surface area contributed by atoms with E-state index in [1.807, 2.05) is 12.1 Å². The molecule has 2 aromatic rings. The summed E-state index contributed by atoms with van der Waals surface area (Å²) in [4.78, 5) is 16.1. The van der Waals surface area contributed by atoms with Gasteiger partial charge in [0.05, 0.1) is 6.26 Å². The molecular weight excluding hydrogens is 311 g/mol. The van der Waals surface area contributed by atoms with Crippen molar-refractivity contribution in [2.45, 2.75) is 0 Å². The number of halogens is 2. The maximum atomic E-state index is 12.2. The summed E-state index contributed by atoms with van der Waals surface area (Å²) in [7, 11) is 0.